The Morgan fingerprint density at radius 3 is 2.25 bits per heavy atom. The minimum absolute atomic E-state index is 0.139. The van der Waals surface area contributed by atoms with Gasteiger partial charge in [-0.05, 0) is 48.7 Å². The van der Waals surface area contributed by atoms with Gasteiger partial charge in [-0.15, -0.1) is 0 Å². The van der Waals surface area contributed by atoms with E-state index in [1.807, 2.05) is 50.2 Å². The third kappa shape index (κ3) is 5.96. The van der Waals surface area contributed by atoms with Crippen LogP contribution in [0.15, 0.2) is 83.8 Å². The van der Waals surface area contributed by atoms with Crippen LogP contribution in [0.5, 0.6) is 0 Å². The molecule has 32 heavy (non-hydrogen) atoms. The molecule has 0 radical (unpaired) electrons. The molecule has 0 saturated carbocycles. The van der Waals surface area contributed by atoms with E-state index in [9.17, 15) is 13.2 Å². The maximum atomic E-state index is 13.4. The number of ether oxygens (including phenoxy) is 1. The van der Waals surface area contributed by atoms with Crippen molar-refractivity contribution in [2.75, 3.05) is 24.0 Å². The average Bonchev–Trinajstić information content (AvgIpc) is 2.80. The van der Waals surface area contributed by atoms with Gasteiger partial charge in [-0.1, -0.05) is 60.7 Å². The van der Waals surface area contributed by atoms with Crippen molar-refractivity contribution in [3.05, 3.63) is 95.6 Å². The number of hydrogen-bond acceptors (Lipinski definition) is 4. The Hall–Kier alpha value is -3.16. The molecule has 3 aromatic rings. The van der Waals surface area contributed by atoms with Crippen LogP contribution in [-0.4, -0.2) is 34.0 Å². The molecule has 1 N–H and O–H groups in total. The van der Waals surface area contributed by atoms with Crippen molar-refractivity contribution in [1.82, 2.24) is 5.32 Å². The second-order valence-corrected chi connectivity index (χ2v) is 9.29. The number of nitrogens with one attached hydrogen (secondary N) is 1. The van der Waals surface area contributed by atoms with E-state index in [0.717, 1.165) is 16.7 Å². The summed E-state index contributed by atoms with van der Waals surface area (Å²) in [6.07, 6.45) is 0. The summed E-state index contributed by atoms with van der Waals surface area (Å²) in [7, 11) is -3.92. The van der Waals surface area contributed by atoms with Crippen molar-refractivity contribution >= 4 is 21.6 Å². The highest BCUT2D eigenvalue weighted by Gasteiger charge is 2.28. The van der Waals surface area contributed by atoms with E-state index in [1.54, 1.807) is 30.3 Å². The van der Waals surface area contributed by atoms with Crippen LogP contribution < -0.4 is 9.62 Å². The van der Waals surface area contributed by atoms with Crippen molar-refractivity contribution < 1.29 is 17.9 Å². The summed E-state index contributed by atoms with van der Waals surface area (Å²) in [5, 5.41) is 2.76. The smallest absolute Gasteiger partial charge is 0.264 e. The number of rotatable bonds is 10. The molecule has 0 aliphatic carbocycles. The Kier molecular flexibility index (Phi) is 8.03. The Balaban J connectivity index is 1.69. The molecule has 3 aromatic carbocycles. The molecular weight excluding hydrogens is 424 g/mol. The highest BCUT2D eigenvalue weighted by atomic mass is 32.2. The zero-order chi connectivity index (χ0) is 23.0. The van der Waals surface area contributed by atoms with Crippen LogP contribution in [0.25, 0.3) is 0 Å². The fourth-order valence-electron chi connectivity index (χ4n) is 3.24. The fraction of sp³-hybridized carbons (Fsp3) is 0.240. The first-order chi connectivity index (χ1) is 15.4. The fourth-order valence-corrected chi connectivity index (χ4v) is 4.74. The van der Waals surface area contributed by atoms with Crippen molar-refractivity contribution in [3.8, 4) is 0 Å². The minimum Gasteiger partial charge on any atom is -0.375 e. The van der Waals surface area contributed by atoms with Gasteiger partial charge in [0.25, 0.3) is 10.0 Å². The molecule has 168 valence electrons. The number of nitrogens with zero attached hydrogens (tertiary/aromatic N) is 1. The molecule has 7 heteroatoms. The first-order valence-electron chi connectivity index (χ1n) is 10.4. The lowest BCUT2D eigenvalue weighted by Crippen LogP contribution is -2.42. The molecule has 0 fully saturated rings. The molecule has 3 rings (SSSR count). The van der Waals surface area contributed by atoms with Gasteiger partial charge >= 0.3 is 0 Å². The zero-order valence-electron chi connectivity index (χ0n) is 18.3. The predicted octanol–water partition coefficient (Wildman–Crippen LogP) is 3.83. The molecular formula is C25H28N2O4S. The van der Waals surface area contributed by atoms with Crippen molar-refractivity contribution in [2.24, 2.45) is 0 Å². The molecule has 0 saturated heterocycles. The predicted molar refractivity (Wildman–Crippen MR) is 126 cm³/mol. The van der Waals surface area contributed by atoms with Crippen LogP contribution in [0.3, 0.4) is 0 Å². The van der Waals surface area contributed by atoms with Crippen molar-refractivity contribution in [1.29, 1.82) is 0 Å². The number of hydrogen-bond donors (Lipinski definition) is 1. The van der Waals surface area contributed by atoms with E-state index in [1.165, 1.54) is 16.4 Å². The summed E-state index contributed by atoms with van der Waals surface area (Å²) in [6, 6.07) is 23.3. The number of carbonyl (C=O) groups is 1. The van der Waals surface area contributed by atoms with E-state index in [0.29, 0.717) is 18.9 Å². The minimum atomic E-state index is -3.92. The van der Waals surface area contributed by atoms with Gasteiger partial charge in [0.2, 0.25) is 5.91 Å². The highest BCUT2D eigenvalue weighted by molar-refractivity contribution is 7.92. The third-order valence-corrected chi connectivity index (χ3v) is 6.92. The first kappa shape index (κ1) is 23.5. The first-order valence-corrected chi connectivity index (χ1v) is 11.9. The van der Waals surface area contributed by atoms with E-state index < -0.39 is 15.9 Å². The molecule has 6 nitrogen and oxygen atoms in total. The standard InChI is InChI=1S/C25H28N2O4S/c1-20-10-9-15-24(21(20)2)27(32(29,30)23-13-7-4-8-14-23)18-25(28)26-16-17-31-19-22-11-5-3-6-12-22/h3-15H,16-19H2,1-2H3,(H,26,28). The van der Waals surface area contributed by atoms with Gasteiger partial charge in [0, 0.05) is 6.54 Å². The SMILES string of the molecule is Cc1cccc(N(CC(=O)NCCOCc2ccccc2)S(=O)(=O)c2ccccc2)c1C. The van der Waals surface area contributed by atoms with Crippen molar-refractivity contribution in [2.45, 2.75) is 25.3 Å². The van der Waals surface area contributed by atoms with Gasteiger partial charge in [-0.25, -0.2) is 8.42 Å². The molecule has 0 spiro atoms. The molecule has 0 heterocycles. The Bertz CT molecular complexity index is 1130. The molecule has 0 bridgehead atoms. The maximum absolute atomic E-state index is 13.4. The monoisotopic (exact) mass is 452 g/mol. The number of anilines is 1. The van der Waals surface area contributed by atoms with Gasteiger partial charge in [0.05, 0.1) is 23.8 Å². The summed E-state index contributed by atoms with van der Waals surface area (Å²) in [4.78, 5) is 12.8. The Labute approximate surface area is 189 Å². The van der Waals surface area contributed by atoms with Crippen LogP contribution in [0.2, 0.25) is 0 Å². The number of aryl methyl sites for hydroxylation is 1. The molecule has 0 aromatic heterocycles. The van der Waals surface area contributed by atoms with Gasteiger partial charge in [0.15, 0.2) is 0 Å². The number of amides is 1. The topological polar surface area (TPSA) is 75.7 Å². The van der Waals surface area contributed by atoms with Gasteiger partial charge < -0.3 is 10.1 Å². The molecule has 0 aliphatic rings. The van der Waals surface area contributed by atoms with Crippen LogP contribution in [-0.2, 0) is 26.2 Å². The molecule has 1 amide bonds. The van der Waals surface area contributed by atoms with Crippen molar-refractivity contribution in [3.63, 3.8) is 0 Å². The highest BCUT2D eigenvalue weighted by Crippen LogP contribution is 2.28. The largest absolute Gasteiger partial charge is 0.375 e. The number of sulfonamides is 1. The average molecular weight is 453 g/mol. The second-order valence-electron chi connectivity index (χ2n) is 7.43. The number of benzene rings is 3. The van der Waals surface area contributed by atoms with E-state index in [2.05, 4.69) is 5.32 Å². The summed E-state index contributed by atoms with van der Waals surface area (Å²) in [5.74, 6) is -0.395. The molecule has 0 atom stereocenters. The number of carbonyl (C=O) groups excluding carboxylic acids is 1. The lowest BCUT2D eigenvalue weighted by Gasteiger charge is -2.26. The van der Waals surface area contributed by atoms with Crippen LogP contribution in [0.4, 0.5) is 5.69 Å². The Morgan fingerprint density at radius 1 is 0.906 bits per heavy atom. The van der Waals surface area contributed by atoms with Gasteiger partial charge in [0.1, 0.15) is 6.54 Å². The molecule has 0 aliphatic heterocycles. The van der Waals surface area contributed by atoms with Crippen LogP contribution in [0.1, 0.15) is 16.7 Å². The quantitative estimate of drug-likeness (QED) is 0.475. The van der Waals surface area contributed by atoms with Gasteiger partial charge in [-0.3, -0.25) is 9.10 Å². The maximum Gasteiger partial charge on any atom is 0.264 e. The van der Waals surface area contributed by atoms with E-state index >= 15 is 0 Å². The van der Waals surface area contributed by atoms with Gasteiger partial charge in [-0.2, -0.15) is 0 Å². The normalized spacial score (nSPS) is 11.2. The summed E-state index contributed by atoms with van der Waals surface area (Å²) >= 11 is 0. The Morgan fingerprint density at radius 2 is 1.56 bits per heavy atom. The lowest BCUT2D eigenvalue weighted by atomic mass is 10.1. The summed E-state index contributed by atoms with van der Waals surface area (Å²) in [6.45, 7) is 4.52. The third-order valence-electron chi connectivity index (χ3n) is 5.14. The lowest BCUT2D eigenvalue weighted by molar-refractivity contribution is -0.119. The van der Waals surface area contributed by atoms with E-state index in [-0.39, 0.29) is 18.0 Å². The zero-order valence-corrected chi connectivity index (χ0v) is 19.1. The summed E-state index contributed by atoms with van der Waals surface area (Å²) < 4.78 is 33.5. The summed E-state index contributed by atoms with van der Waals surface area (Å²) in [5.41, 5.74) is 3.30. The van der Waals surface area contributed by atoms with Crippen LogP contribution in [0, 0.1) is 13.8 Å². The van der Waals surface area contributed by atoms with E-state index in [4.69, 9.17) is 4.74 Å². The molecule has 0 unspecified atom stereocenters. The second kappa shape index (κ2) is 10.9. The van der Waals surface area contributed by atoms with Crippen LogP contribution >= 0.6 is 0 Å².